The van der Waals surface area contributed by atoms with Gasteiger partial charge in [0.25, 0.3) is 0 Å². The van der Waals surface area contributed by atoms with Gasteiger partial charge in [-0.2, -0.15) is 0 Å². The highest BCUT2D eigenvalue weighted by molar-refractivity contribution is 5.78. The zero-order valence-electron chi connectivity index (χ0n) is 15.5. The molecule has 1 N–H and O–H groups in total. The van der Waals surface area contributed by atoms with Crippen molar-refractivity contribution >= 4 is 12.0 Å². The maximum absolute atomic E-state index is 12.3. The third kappa shape index (κ3) is 6.13. The normalized spacial score (nSPS) is 14.8. The topological polar surface area (TPSA) is 58.6 Å². The molecule has 5 nitrogen and oxygen atoms in total. The van der Waals surface area contributed by atoms with E-state index in [0.29, 0.717) is 25.8 Å². The first kappa shape index (κ1) is 19.0. The van der Waals surface area contributed by atoms with E-state index in [9.17, 15) is 9.59 Å². The van der Waals surface area contributed by atoms with Gasteiger partial charge in [0.1, 0.15) is 6.61 Å². The summed E-state index contributed by atoms with van der Waals surface area (Å²) in [5.74, 6) is 0.208. The Morgan fingerprint density at radius 3 is 2.33 bits per heavy atom. The Kier molecular flexibility index (Phi) is 6.85. The number of likely N-dealkylation sites (tertiary alicyclic amines) is 1. The average molecular weight is 366 g/mol. The zero-order valence-corrected chi connectivity index (χ0v) is 15.5. The molecule has 1 saturated heterocycles. The summed E-state index contributed by atoms with van der Waals surface area (Å²) in [4.78, 5) is 26.0. The molecule has 27 heavy (non-hydrogen) atoms. The van der Waals surface area contributed by atoms with Crippen molar-refractivity contribution in [3.63, 3.8) is 0 Å². The minimum absolute atomic E-state index is 0.0796. The van der Waals surface area contributed by atoms with Crippen LogP contribution in [0.3, 0.4) is 0 Å². The summed E-state index contributed by atoms with van der Waals surface area (Å²) in [6.45, 7) is 1.72. The van der Waals surface area contributed by atoms with E-state index in [4.69, 9.17) is 4.74 Å². The number of carbonyl (C=O) groups is 2. The van der Waals surface area contributed by atoms with Crippen molar-refractivity contribution in [3.8, 4) is 0 Å². The van der Waals surface area contributed by atoms with Crippen LogP contribution in [0.1, 0.15) is 30.4 Å². The number of rotatable bonds is 8. The standard InChI is InChI=1S/C22H26N2O3/c25-21-12-7-14-24(21)15-13-20(16-18-8-3-1-4-9-18)23-22(26)27-17-19-10-5-2-6-11-19/h1-6,8-11,20H,7,12-17H2,(H,23,26). The molecule has 1 aliphatic rings. The lowest BCUT2D eigenvalue weighted by atomic mass is 10.0. The number of hydrogen-bond acceptors (Lipinski definition) is 3. The fourth-order valence-electron chi connectivity index (χ4n) is 3.31. The minimum atomic E-state index is -0.424. The summed E-state index contributed by atoms with van der Waals surface area (Å²) in [6.07, 6.45) is 2.56. The van der Waals surface area contributed by atoms with E-state index in [0.717, 1.165) is 24.1 Å². The maximum atomic E-state index is 12.3. The van der Waals surface area contributed by atoms with Crippen molar-refractivity contribution in [2.75, 3.05) is 13.1 Å². The summed E-state index contributed by atoms with van der Waals surface area (Å²) in [5, 5.41) is 2.98. The van der Waals surface area contributed by atoms with E-state index < -0.39 is 6.09 Å². The third-order valence-corrected chi connectivity index (χ3v) is 4.78. The summed E-state index contributed by atoms with van der Waals surface area (Å²) in [5.41, 5.74) is 2.11. The van der Waals surface area contributed by atoms with Gasteiger partial charge in [0.05, 0.1) is 0 Å². The van der Waals surface area contributed by atoms with Crippen LogP contribution in [-0.4, -0.2) is 36.0 Å². The Hall–Kier alpha value is -2.82. The van der Waals surface area contributed by atoms with Gasteiger partial charge in [-0.25, -0.2) is 4.79 Å². The number of nitrogens with zero attached hydrogens (tertiary/aromatic N) is 1. The van der Waals surface area contributed by atoms with Gasteiger partial charge in [0.15, 0.2) is 0 Å². The maximum Gasteiger partial charge on any atom is 0.407 e. The minimum Gasteiger partial charge on any atom is -0.445 e. The average Bonchev–Trinajstić information content (AvgIpc) is 3.11. The fourth-order valence-corrected chi connectivity index (χ4v) is 3.31. The highest BCUT2D eigenvalue weighted by Crippen LogP contribution is 2.13. The van der Waals surface area contributed by atoms with Crippen LogP contribution in [0.15, 0.2) is 60.7 Å². The van der Waals surface area contributed by atoms with Gasteiger partial charge in [-0.3, -0.25) is 4.79 Å². The van der Waals surface area contributed by atoms with E-state index in [-0.39, 0.29) is 18.6 Å². The monoisotopic (exact) mass is 366 g/mol. The molecule has 0 bridgehead atoms. The van der Waals surface area contributed by atoms with Crippen LogP contribution in [0.5, 0.6) is 0 Å². The first-order valence-corrected chi connectivity index (χ1v) is 9.49. The Morgan fingerprint density at radius 2 is 1.70 bits per heavy atom. The zero-order chi connectivity index (χ0) is 18.9. The fraction of sp³-hybridized carbons (Fsp3) is 0.364. The van der Waals surface area contributed by atoms with Gasteiger partial charge >= 0.3 is 6.09 Å². The van der Waals surface area contributed by atoms with Gasteiger partial charge < -0.3 is 15.0 Å². The van der Waals surface area contributed by atoms with Crippen LogP contribution in [0.25, 0.3) is 0 Å². The second-order valence-corrected chi connectivity index (χ2v) is 6.87. The summed E-state index contributed by atoms with van der Waals surface area (Å²) < 4.78 is 5.36. The van der Waals surface area contributed by atoms with Crippen LogP contribution in [0.4, 0.5) is 4.79 Å². The van der Waals surface area contributed by atoms with Crippen molar-refractivity contribution in [3.05, 3.63) is 71.8 Å². The lowest BCUT2D eigenvalue weighted by molar-refractivity contribution is -0.127. The number of hydrogen-bond donors (Lipinski definition) is 1. The van der Waals surface area contributed by atoms with E-state index in [1.54, 1.807) is 0 Å². The van der Waals surface area contributed by atoms with Gasteiger partial charge in [-0.15, -0.1) is 0 Å². The number of alkyl carbamates (subject to hydrolysis) is 1. The molecule has 1 aliphatic heterocycles. The molecule has 1 fully saturated rings. The Balaban J connectivity index is 1.54. The SMILES string of the molecule is O=C(NC(CCN1CCCC1=O)Cc1ccccc1)OCc1ccccc1. The molecule has 0 saturated carbocycles. The summed E-state index contributed by atoms with van der Waals surface area (Å²) >= 11 is 0. The van der Waals surface area contributed by atoms with Gasteiger partial charge in [-0.05, 0) is 30.4 Å². The second-order valence-electron chi connectivity index (χ2n) is 6.87. The molecule has 1 atom stereocenters. The number of carbonyl (C=O) groups excluding carboxylic acids is 2. The van der Waals surface area contributed by atoms with Crippen molar-refractivity contribution in [1.29, 1.82) is 0 Å². The van der Waals surface area contributed by atoms with E-state index in [2.05, 4.69) is 5.32 Å². The molecular formula is C22H26N2O3. The predicted octanol–water partition coefficient (Wildman–Crippen LogP) is 3.54. The second kappa shape index (κ2) is 9.76. The number of amides is 2. The lowest BCUT2D eigenvalue weighted by Gasteiger charge is -2.22. The van der Waals surface area contributed by atoms with Gasteiger partial charge in [0.2, 0.25) is 5.91 Å². The summed E-state index contributed by atoms with van der Waals surface area (Å²) in [7, 11) is 0. The molecule has 1 heterocycles. The number of benzene rings is 2. The van der Waals surface area contributed by atoms with Crippen LogP contribution < -0.4 is 5.32 Å². The molecule has 0 spiro atoms. The molecule has 2 aromatic carbocycles. The number of ether oxygens (including phenoxy) is 1. The first-order valence-electron chi connectivity index (χ1n) is 9.49. The first-order chi connectivity index (χ1) is 13.2. The highest BCUT2D eigenvalue weighted by Gasteiger charge is 2.22. The van der Waals surface area contributed by atoms with Crippen molar-refractivity contribution in [1.82, 2.24) is 10.2 Å². The molecule has 0 aliphatic carbocycles. The molecule has 0 aromatic heterocycles. The smallest absolute Gasteiger partial charge is 0.407 e. The predicted molar refractivity (Wildman–Crippen MR) is 104 cm³/mol. The Labute approximate surface area is 160 Å². The van der Waals surface area contributed by atoms with Crippen molar-refractivity contribution in [2.24, 2.45) is 0 Å². The molecule has 1 unspecified atom stereocenters. The highest BCUT2D eigenvalue weighted by atomic mass is 16.5. The van der Waals surface area contributed by atoms with E-state index in [1.807, 2.05) is 65.6 Å². The van der Waals surface area contributed by atoms with Gasteiger partial charge in [-0.1, -0.05) is 60.7 Å². The lowest BCUT2D eigenvalue weighted by Crippen LogP contribution is -2.40. The quantitative estimate of drug-likeness (QED) is 0.777. The molecular weight excluding hydrogens is 340 g/mol. The molecule has 0 radical (unpaired) electrons. The molecule has 2 aromatic rings. The van der Waals surface area contributed by atoms with Crippen LogP contribution in [0, 0.1) is 0 Å². The molecule has 5 heteroatoms. The van der Waals surface area contributed by atoms with Crippen LogP contribution in [-0.2, 0) is 22.6 Å². The van der Waals surface area contributed by atoms with E-state index in [1.165, 1.54) is 0 Å². The van der Waals surface area contributed by atoms with Crippen molar-refractivity contribution in [2.45, 2.75) is 38.3 Å². The molecule has 142 valence electrons. The van der Waals surface area contributed by atoms with Crippen LogP contribution >= 0.6 is 0 Å². The van der Waals surface area contributed by atoms with Crippen LogP contribution in [0.2, 0.25) is 0 Å². The summed E-state index contributed by atoms with van der Waals surface area (Å²) in [6, 6.07) is 19.6. The largest absolute Gasteiger partial charge is 0.445 e. The van der Waals surface area contributed by atoms with Gasteiger partial charge in [0, 0.05) is 25.6 Å². The molecule has 3 rings (SSSR count). The van der Waals surface area contributed by atoms with Crippen molar-refractivity contribution < 1.29 is 14.3 Å². The Morgan fingerprint density at radius 1 is 1.04 bits per heavy atom. The Bertz CT molecular complexity index is 734. The van der Waals surface area contributed by atoms with E-state index >= 15 is 0 Å². The molecule has 2 amide bonds. The number of nitrogens with one attached hydrogen (secondary N) is 1. The third-order valence-electron chi connectivity index (χ3n) is 4.78.